The van der Waals surface area contributed by atoms with Crippen LogP contribution in [-0.2, 0) is 9.53 Å². The highest BCUT2D eigenvalue weighted by molar-refractivity contribution is 7.98. The van der Waals surface area contributed by atoms with Gasteiger partial charge >= 0.3 is 5.97 Å². The Labute approximate surface area is 96.3 Å². The lowest BCUT2D eigenvalue weighted by atomic mass is 10.1. The molecule has 0 heterocycles. The molecule has 1 aliphatic carbocycles. The second kappa shape index (κ2) is 6.38. The number of carbonyl (C=O) groups excluding carboxylic acids is 1. The molecular weight excluding hydrogens is 210 g/mol. The lowest BCUT2D eigenvalue weighted by Gasteiger charge is -2.20. The highest BCUT2D eigenvalue weighted by atomic mass is 32.2. The normalized spacial score (nSPS) is 19.7. The van der Waals surface area contributed by atoms with Crippen molar-refractivity contribution in [1.29, 1.82) is 0 Å². The van der Waals surface area contributed by atoms with E-state index in [0.29, 0.717) is 12.0 Å². The summed E-state index contributed by atoms with van der Waals surface area (Å²) >= 11 is 1.84. The van der Waals surface area contributed by atoms with Gasteiger partial charge in [-0.1, -0.05) is 0 Å². The van der Waals surface area contributed by atoms with Gasteiger partial charge in [-0.3, -0.25) is 4.79 Å². The summed E-state index contributed by atoms with van der Waals surface area (Å²) in [7, 11) is 1.46. The van der Waals surface area contributed by atoms with Crippen LogP contribution in [-0.4, -0.2) is 37.2 Å². The summed E-state index contributed by atoms with van der Waals surface area (Å²) < 4.78 is 4.81. The Morgan fingerprint density at radius 3 is 2.73 bits per heavy atom. The van der Waals surface area contributed by atoms with E-state index in [-0.39, 0.29) is 12.0 Å². The summed E-state index contributed by atoms with van der Waals surface area (Å²) in [6.07, 6.45) is 5.51. The first-order chi connectivity index (χ1) is 7.19. The third-order valence-corrected chi connectivity index (χ3v) is 3.41. The van der Waals surface area contributed by atoms with Gasteiger partial charge in [-0.25, -0.2) is 0 Å². The molecular formula is C11H21NO2S. The van der Waals surface area contributed by atoms with Gasteiger partial charge in [-0.05, 0) is 44.1 Å². The number of ether oxygens (including phenoxy) is 1. The Morgan fingerprint density at radius 2 is 2.27 bits per heavy atom. The number of methoxy groups -OCH3 is 1. The van der Waals surface area contributed by atoms with Gasteiger partial charge in [0.1, 0.15) is 6.04 Å². The van der Waals surface area contributed by atoms with Gasteiger partial charge in [0.25, 0.3) is 0 Å². The van der Waals surface area contributed by atoms with E-state index in [9.17, 15) is 4.79 Å². The van der Waals surface area contributed by atoms with Crippen molar-refractivity contribution in [2.45, 2.75) is 38.3 Å². The number of hydrogen-bond acceptors (Lipinski definition) is 4. The van der Waals surface area contributed by atoms with Gasteiger partial charge in [-0.15, -0.1) is 0 Å². The largest absolute Gasteiger partial charge is 0.468 e. The molecule has 0 aromatic carbocycles. The maximum atomic E-state index is 11.5. The summed E-state index contributed by atoms with van der Waals surface area (Å²) in [6, 6.07) is 0.314. The monoisotopic (exact) mass is 231 g/mol. The topological polar surface area (TPSA) is 38.3 Å². The Kier molecular flexibility index (Phi) is 5.47. The van der Waals surface area contributed by atoms with Crippen molar-refractivity contribution in [3.8, 4) is 0 Å². The van der Waals surface area contributed by atoms with Crippen LogP contribution < -0.4 is 5.32 Å². The van der Waals surface area contributed by atoms with Crippen molar-refractivity contribution < 1.29 is 9.53 Å². The SMILES string of the molecule is COC(=O)C(NC(C)CCSC)C1CC1. The molecule has 15 heavy (non-hydrogen) atoms. The first-order valence-corrected chi connectivity index (χ1v) is 6.91. The number of esters is 1. The van der Waals surface area contributed by atoms with E-state index < -0.39 is 0 Å². The fraction of sp³-hybridized carbons (Fsp3) is 0.909. The lowest BCUT2D eigenvalue weighted by molar-refractivity contribution is -0.143. The van der Waals surface area contributed by atoms with E-state index in [1.807, 2.05) is 11.8 Å². The number of hydrogen-bond donors (Lipinski definition) is 1. The van der Waals surface area contributed by atoms with Crippen LogP contribution in [0.25, 0.3) is 0 Å². The van der Waals surface area contributed by atoms with Gasteiger partial charge in [0.05, 0.1) is 7.11 Å². The van der Waals surface area contributed by atoms with Gasteiger partial charge in [0, 0.05) is 6.04 Å². The molecule has 2 atom stereocenters. The second-order valence-electron chi connectivity index (χ2n) is 4.19. The minimum absolute atomic E-state index is 0.0770. The summed E-state index contributed by atoms with van der Waals surface area (Å²) in [4.78, 5) is 11.5. The van der Waals surface area contributed by atoms with Crippen LogP contribution in [0, 0.1) is 5.92 Å². The lowest BCUT2D eigenvalue weighted by Crippen LogP contribution is -2.44. The molecule has 88 valence electrons. The maximum absolute atomic E-state index is 11.5. The Bertz CT molecular complexity index is 207. The predicted octanol–water partition coefficient (Wildman–Crippen LogP) is 1.67. The third kappa shape index (κ3) is 4.43. The van der Waals surface area contributed by atoms with Crippen molar-refractivity contribution in [2.75, 3.05) is 19.1 Å². The summed E-state index contributed by atoms with van der Waals surface area (Å²) in [6.45, 7) is 2.13. The van der Waals surface area contributed by atoms with Crippen LogP contribution >= 0.6 is 11.8 Å². The van der Waals surface area contributed by atoms with Crippen LogP contribution in [0.15, 0.2) is 0 Å². The van der Waals surface area contributed by atoms with Gasteiger partial charge in [-0.2, -0.15) is 11.8 Å². The number of carbonyl (C=O) groups is 1. The summed E-state index contributed by atoms with van der Waals surface area (Å²) in [5.74, 6) is 1.54. The molecule has 0 aromatic rings. The zero-order valence-electron chi connectivity index (χ0n) is 9.79. The van der Waals surface area contributed by atoms with Crippen LogP contribution in [0.5, 0.6) is 0 Å². The number of thioether (sulfide) groups is 1. The zero-order valence-corrected chi connectivity index (χ0v) is 10.6. The molecule has 1 saturated carbocycles. The Balaban J connectivity index is 2.33. The van der Waals surface area contributed by atoms with E-state index >= 15 is 0 Å². The minimum Gasteiger partial charge on any atom is -0.468 e. The summed E-state index contributed by atoms with van der Waals surface area (Å²) in [5, 5.41) is 3.38. The molecule has 0 amide bonds. The molecule has 0 aliphatic heterocycles. The maximum Gasteiger partial charge on any atom is 0.323 e. The molecule has 2 unspecified atom stereocenters. The molecule has 1 N–H and O–H groups in total. The van der Waals surface area contributed by atoms with Gasteiger partial charge < -0.3 is 10.1 Å². The van der Waals surface area contributed by atoms with Crippen LogP contribution in [0.1, 0.15) is 26.2 Å². The van der Waals surface area contributed by atoms with Crippen molar-refractivity contribution in [1.82, 2.24) is 5.32 Å². The standard InChI is InChI=1S/C11H21NO2S/c1-8(6-7-15-3)12-10(9-4-5-9)11(13)14-2/h8-10,12H,4-7H2,1-3H3. The van der Waals surface area contributed by atoms with E-state index in [2.05, 4.69) is 18.5 Å². The molecule has 0 aromatic heterocycles. The fourth-order valence-electron chi connectivity index (χ4n) is 1.64. The second-order valence-corrected chi connectivity index (χ2v) is 5.17. The predicted molar refractivity (Wildman–Crippen MR) is 64.1 cm³/mol. The smallest absolute Gasteiger partial charge is 0.323 e. The van der Waals surface area contributed by atoms with E-state index in [1.165, 1.54) is 7.11 Å². The third-order valence-electron chi connectivity index (χ3n) is 2.77. The van der Waals surface area contributed by atoms with Crippen molar-refractivity contribution in [3.05, 3.63) is 0 Å². The first-order valence-electron chi connectivity index (χ1n) is 5.51. The van der Waals surface area contributed by atoms with Crippen molar-refractivity contribution in [2.24, 2.45) is 5.92 Å². The highest BCUT2D eigenvalue weighted by Crippen LogP contribution is 2.33. The van der Waals surface area contributed by atoms with Crippen LogP contribution in [0.2, 0.25) is 0 Å². The Hall–Kier alpha value is -0.220. The zero-order chi connectivity index (χ0) is 11.3. The van der Waals surface area contributed by atoms with Crippen molar-refractivity contribution >= 4 is 17.7 Å². The van der Waals surface area contributed by atoms with Gasteiger partial charge in [0.2, 0.25) is 0 Å². The molecule has 0 saturated heterocycles. The average molecular weight is 231 g/mol. The van der Waals surface area contributed by atoms with E-state index in [0.717, 1.165) is 25.0 Å². The fourth-order valence-corrected chi connectivity index (χ4v) is 2.23. The van der Waals surface area contributed by atoms with Crippen molar-refractivity contribution in [3.63, 3.8) is 0 Å². The van der Waals surface area contributed by atoms with Crippen LogP contribution in [0.3, 0.4) is 0 Å². The quantitative estimate of drug-likeness (QED) is 0.676. The van der Waals surface area contributed by atoms with E-state index in [1.54, 1.807) is 0 Å². The average Bonchev–Trinajstić information content (AvgIpc) is 3.05. The molecule has 0 radical (unpaired) electrons. The molecule has 0 bridgehead atoms. The first kappa shape index (κ1) is 12.8. The van der Waals surface area contributed by atoms with Crippen LogP contribution in [0.4, 0.5) is 0 Å². The molecule has 3 nitrogen and oxygen atoms in total. The number of nitrogens with one attached hydrogen (secondary N) is 1. The molecule has 0 spiro atoms. The minimum atomic E-state index is -0.103. The van der Waals surface area contributed by atoms with Gasteiger partial charge in [0.15, 0.2) is 0 Å². The van der Waals surface area contributed by atoms with E-state index in [4.69, 9.17) is 4.74 Å². The number of rotatable bonds is 7. The molecule has 1 rings (SSSR count). The molecule has 1 fully saturated rings. The molecule has 1 aliphatic rings. The summed E-state index contributed by atoms with van der Waals surface area (Å²) in [5.41, 5.74) is 0. The highest BCUT2D eigenvalue weighted by Gasteiger charge is 2.37. The Morgan fingerprint density at radius 1 is 1.60 bits per heavy atom. The molecule has 4 heteroatoms.